The summed E-state index contributed by atoms with van der Waals surface area (Å²) in [6.45, 7) is 2.19. The van der Waals surface area contributed by atoms with Crippen LogP contribution in [0.2, 0.25) is 0 Å². The third-order valence-electron chi connectivity index (χ3n) is 6.15. The van der Waals surface area contributed by atoms with E-state index < -0.39 is 0 Å². The van der Waals surface area contributed by atoms with Crippen molar-refractivity contribution >= 4 is 17.5 Å². The number of amides is 2. The van der Waals surface area contributed by atoms with E-state index in [1.165, 1.54) is 12.1 Å². The summed E-state index contributed by atoms with van der Waals surface area (Å²) < 4.78 is 13.6. The van der Waals surface area contributed by atoms with Crippen molar-refractivity contribution in [1.29, 1.82) is 0 Å². The van der Waals surface area contributed by atoms with Gasteiger partial charge < -0.3 is 9.80 Å². The minimum atomic E-state index is -0.341. The highest BCUT2D eigenvalue weighted by molar-refractivity contribution is 5.96. The van der Waals surface area contributed by atoms with Crippen molar-refractivity contribution in [3.63, 3.8) is 0 Å². The SMILES string of the molecule is CN1CC(=O)N(c2cccc(F)c2)C[C@@]12CCN(C(=O)C1CCC1)C2. The highest BCUT2D eigenvalue weighted by Crippen LogP contribution is 2.36. The molecular weight excluding hydrogens is 321 g/mol. The van der Waals surface area contributed by atoms with Crippen molar-refractivity contribution in [3.8, 4) is 0 Å². The molecule has 5 nitrogen and oxygen atoms in total. The van der Waals surface area contributed by atoms with Gasteiger partial charge in [0.2, 0.25) is 11.8 Å². The number of nitrogens with zero attached hydrogens (tertiary/aromatic N) is 3. The third kappa shape index (κ3) is 2.82. The molecule has 3 aliphatic rings. The Morgan fingerprint density at radius 3 is 2.76 bits per heavy atom. The highest BCUT2D eigenvalue weighted by Gasteiger charge is 2.49. The quantitative estimate of drug-likeness (QED) is 0.822. The third-order valence-corrected chi connectivity index (χ3v) is 6.15. The number of carbonyl (C=O) groups excluding carboxylic acids is 2. The molecule has 1 spiro atoms. The fraction of sp³-hybridized carbons (Fsp3) is 0.579. The number of benzene rings is 1. The number of hydrogen-bond donors (Lipinski definition) is 0. The van der Waals surface area contributed by atoms with Crippen LogP contribution in [0.1, 0.15) is 25.7 Å². The Labute approximate surface area is 147 Å². The number of likely N-dealkylation sites (N-methyl/N-ethyl adjacent to an activating group) is 1. The lowest BCUT2D eigenvalue weighted by Crippen LogP contribution is -2.64. The average Bonchev–Trinajstić information content (AvgIpc) is 2.95. The first kappa shape index (κ1) is 16.5. The molecule has 25 heavy (non-hydrogen) atoms. The summed E-state index contributed by atoms with van der Waals surface area (Å²) >= 11 is 0. The van der Waals surface area contributed by atoms with Gasteiger partial charge in [-0.15, -0.1) is 0 Å². The Balaban J connectivity index is 1.55. The smallest absolute Gasteiger partial charge is 0.241 e. The lowest BCUT2D eigenvalue weighted by Gasteiger charge is -2.47. The number of halogens is 1. The lowest BCUT2D eigenvalue weighted by molar-refractivity contribution is -0.137. The summed E-state index contributed by atoms with van der Waals surface area (Å²) in [4.78, 5) is 30.9. The van der Waals surface area contributed by atoms with Crippen LogP contribution < -0.4 is 4.90 Å². The van der Waals surface area contributed by atoms with E-state index >= 15 is 0 Å². The van der Waals surface area contributed by atoms with Gasteiger partial charge in [-0.05, 0) is 44.5 Å². The number of anilines is 1. The largest absolute Gasteiger partial charge is 0.340 e. The van der Waals surface area contributed by atoms with E-state index in [-0.39, 0.29) is 29.1 Å². The molecule has 1 aliphatic carbocycles. The van der Waals surface area contributed by atoms with Crippen molar-refractivity contribution < 1.29 is 14.0 Å². The first-order valence-corrected chi connectivity index (χ1v) is 9.04. The van der Waals surface area contributed by atoms with Crippen LogP contribution in [0.5, 0.6) is 0 Å². The van der Waals surface area contributed by atoms with Crippen LogP contribution in [0.15, 0.2) is 24.3 Å². The average molecular weight is 345 g/mol. The predicted octanol–water partition coefficient (Wildman–Crippen LogP) is 1.88. The van der Waals surface area contributed by atoms with Gasteiger partial charge in [-0.2, -0.15) is 0 Å². The zero-order valence-corrected chi connectivity index (χ0v) is 14.6. The van der Waals surface area contributed by atoms with E-state index in [2.05, 4.69) is 4.90 Å². The fourth-order valence-electron chi connectivity index (χ4n) is 4.24. The zero-order chi connectivity index (χ0) is 17.6. The summed E-state index contributed by atoms with van der Waals surface area (Å²) in [7, 11) is 1.96. The Morgan fingerprint density at radius 2 is 2.08 bits per heavy atom. The molecule has 0 bridgehead atoms. The molecule has 134 valence electrons. The molecule has 2 saturated heterocycles. The molecule has 6 heteroatoms. The minimum Gasteiger partial charge on any atom is -0.340 e. The molecule has 1 aromatic rings. The first-order chi connectivity index (χ1) is 12.0. The molecule has 0 N–H and O–H groups in total. The van der Waals surface area contributed by atoms with Gasteiger partial charge in [0.15, 0.2) is 0 Å². The summed E-state index contributed by atoms with van der Waals surface area (Å²) in [6.07, 6.45) is 4.01. The number of piperazine rings is 1. The number of hydrogen-bond acceptors (Lipinski definition) is 3. The summed E-state index contributed by atoms with van der Waals surface area (Å²) in [5, 5.41) is 0. The first-order valence-electron chi connectivity index (χ1n) is 9.04. The molecule has 1 saturated carbocycles. The number of carbonyl (C=O) groups is 2. The minimum absolute atomic E-state index is 0.0255. The number of rotatable bonds is 2. The molecule has 2 amide bonds. The van der Waals surface area contributed by atoms with Crippen molar-refractivity contribution in [1.82, 2.24) is 9.80 Å². The second kappa shape index (κ2) is 6.09. The normalized spacial score (nSPS) is 27.8. The second-order valence-corrected chi connectivity index (χ2v) is 7.68. The van der Waals surface area contributed by atoms with Crippen LogP contribution in [-0.4, -0.2) is 60.4 Å². The van der Waals surface area contributed by atoms with Crippen LogP contribution in [0.25, 0.3) is 0 Å². The van der Waals surface area contributed by atoms with E-state index in [0.29, 0.717) is 25.3 Å². The molecule has 3 fully saturated rings. The maximum Gasteiger partial charge on any atom is 0.241 e. The van der Waals surface area contributed by atoms with Crippen molar-refractivity contribution in [3.05, 3.63) is 30.1 Å². The van der Waals surface area contributed by atoms with Crippen LogP contribution >= 0.6 is 0 Å². The van der Waals surface area contributed by atoms with Gasteiger partial charge in [-0.3, -0.25) is 14.5 Å². The Hall–Kier alpha value is -1.95. The molecule has 4 rings (SSSR count). The van der Waals surface area contributed by atoms with Gasteiger partial charge in [0.05, 0.1) is 12.1 Å². The Morgan fingerprint density at radius 1 is 1.28 bits per heavy atom. The van der Waals surface area contributed by atoms with E-state index in [1.807, 2.05) is 11.9 Å². The molecule has 0 radical (unpaired) electrons. The zero-order valence-electron chi connectivity index (χ0n) is 14.6. The molecule has 0 aromatic heterocycles. The summed E-state index contributed by atoms with van der Waals surface area (Å²) in [5.74, 6) is 0.102. The fourth-order valence-corrected chi connectivity index (χ4v) is 4.24. The lowest BCUT2D eigenvalue weighted by atomic mass is 9.84. The van der Waals surface area contributed by atoms with Crippen LogP contribution in [0, 0.1) is 11.7 Å². The molecular formula is C19H24FN3O2. The number of likely N-dealkylation sites (tertiary alicyclic amines) is 1. The Kier molecular flexibility index (Phi) is 4.02. The van der Waals surface area contributed by atoms with E-state index in [9.17, 15) is 14.0 Å². The van der Waals surface area contributed by atoms with Gasteiger partial charge in [0.25, 0.3) is 0 Å². The van der Waals surface area contributed by atoms with Crippen molar-refractivity contribution in [2.45, 2.75) is 31.2 Å². The van der Waals surface area contributed by atoms with E-state index in [4.69, 9.17) is 0 Å². The molecule has 0 unspecified atom stereocenters. The highest BCUT2D eigenvalue weighted by atomic mass is 19.1. The molecule has 1 aromatic carbocycles. The summed E-state index contributed by atoms with van der Waals surface area (Å²) in [6, 6.07) is 6.19. The van der Waals surface area contributed by atoms with Crippen LogP contribution in [0.3, 0.4) is 0 Å². The maximum atomic E-state index is 13.6. The predicted molar refractivity (Wildman–Crippen MR) is 92.7 cm³/mol. The molecule has 1 atom stereocenters. The van der Waals surface area contributed by atoms with Crippen molar-refractivity contribution in [2.75, 3.05) is 38.1 Å². The van der Waals surface area contributed by atoms with Gasteiger partial charge >= 0.3 is 0 Å². The van der Waals surface area contributed by atoms with Gasteiger partial charge in [0, 0.05) is 31.2 Å². The topological polar surface area (TPSA) is 43.9 Å². The van der Waals surface area contributed by atoms with E-state index in [0.717, 1.165) is 32.2 Å². The second-order valence-electron chi connectivity index (χ2n) is 7.68. The van der Waals surface area contributed by atoms with Gasteiger partial charge in [-0.1, -0.05) is 12.5 Å². The summed E-state index contributed by atoms with van der Waals surface area (Å²) in [5.41, 5.74) is 0.362. The van der Waals surface area contributed by atoms with Crippen LogP contribution in [-0.2, 0) is 9.59 Å². The Bertz CT molecular complexity index is 706. The monoisotopic (exact) mass is 345 g/mol. The molecule has 2 heterocycles. The van der Waals surface area contributed by atoms with Crippen LogP contribution in [0.4, 0.5) is 10.1 Å². The standard InChI is InChI=1S/C19H24FN3O2/c1-21-11-17(24)23(16-7-3-6-15(20)10-16)13-19(21)8-9-22(12-19)18(25)14-4-2-5-14/h3,6-7,10,14H,2,4-5,8-9,11-13H2,1H3/t19-/m0/s1. The molecule has 2 aliphatic heterocycles. The van der Waals surface area contributed by atoms with E-state index in [1.54, 1.807) is 17.0 Å². The van der Waals surface area contributed by atoms with Gasteiger partial charge in [-0.25, -0.2) is 4.39 Å². The van der Waals surface area contributed by atoms with Gasteiger partial charge in [0.1, 0.15) is 5.82 Å². The van der Waals surface area contributed by atoms with Crippen molar-refractivity contribution in [2.24, 2.45) is 5.92 Å². The maximum absolute atomic E-state index is 13.6.